The molecular formula is C17H21FN2O5. The summed E-state index contributed by atoms with van der Waals surface area (Å²) in [4.78, 5) is 22.9. The Bertz CT molecular complexity index is 772. The van der Waals surface area contributed by atoms with Crippen molar-refractivity contribution in [1.82, 2.24) is 0 Å². The number of nitrogen functional groups attached to an aromatic ring is 1. The minimum atomic E-state index is -1.50. The van der Waals surface area contributed by atoms with E-state index in [2.05, 4.69) is 16.6 Å². The Kier molecular flexibility index (Phi) is 6.10. The van der Waals surface area contributed by atoms with E-state index in [1.165, 1.54) is 13.8 Å². The monoisotopic (exact) mass is 352 g/mol. The number of rotatable bonds is 4. The summed E-state index contributed by atoms with van der Waals surface area (Å²) in [5, 5.41) is 11.4. The number of nitro benzene ring substituents is 1. The predicted molar refractivity (Wildman–Crippen MR) is 90.4 cm³/mol. The molecule has 1 rings (SSSR count). The number of carbonyl (C=O) groups is 1. The maximum Gasteiger partial charge on any atom is 0.339 e. The Morgan fingerprint density at radius 2 is 1.96 bits per heavy atom. The maximum atomic E-state index is 15.1. The van der Waals surface area contributed by atoms with E-state index in [1.54, 1.807) is 20.8 Å². The summed E-state index contributed by atoms with van der Waals surface area (Å²) >= 11 is 0. The summed E-state index contributed by atoms with van der Waals surface area (Å²) in [5.74, 6) is 3.06. The van der Waals surface area contributed by atoms with Crippen molar-refractivity contribution in [3.05, 3.63) is 32.6 Å². The molecular weight excluding hydrogens is 331 g/mol. The van der Waals surface area contributed by atoms with Crippen LogP contribution in [0.15, 0.2) is 0 Å². The van der Waals surface area contributed by atoms with Crippen molar-refractivity contribution in [2.24, 2.45) is 0 Å². The van der Waals surface area contributed by atoms with Gasteiger partial charge in [-0.25, -0.2) is 9.18 Å². The molecule has 0 aromatic heterocycles. The van der Waals surface area contributed by atoms with E-state index in [0.717, 1.165) is 7.11 Å². The number of benzene rings is 1. The van der Waals surface area contributed by atoms with Gasteiger partial charge in [0, 0.05) is 11.1 Å². The van der Waals surface area contributed by atoms with Gasteiger partial charge in [-0.3, -0.25) is 10.1 Å². The number of anilines is 1. The zero-order valence-corrected chi connectivity index (χ0v) is 15.0. The van der Waals surface area contributed by atoms with E-state index < -0.39 is 39.8 Å². The number of hydrogen-bond acceptors (Lipinski definition) is 6. The summed E-state index contributed by atoms with van der Waals surface area (Å²) < 4.78 is 25.4. The van der Waals surface area contributed by atoms with Crippen molar-refractivity contribution in [3.63, 3.8) is 0 Å². The molecule has 7 nitrogen and oxygen atoms in total. The Hall–Kier alpha value is -2.66. The first-order valence-electron chi connectivity index (χ1n) is 7.40. The molecule has 0 aliphatic heterocycles. The SMILES string of the molecule is CC#Cc1c(N)c([N+](=O)[O-])c(C)c(C(OC(C)(C)C)C(=O)OC)c1F. The van der Waals surface area contributed by atoms with Gasteiger partial charge in [0.15, 0.2) is 6.10 Å². The van der Waals surface area contributed by atoms with Gasteiger partial charge in [-0.1, -0.05) is 5.92 Å². The molecule has 0 amide bonds. The van der Waals surface area contributed by atoms with Gasteiger partial charge in [-0.2, -0.15) is 0 Å². The number of carbonyl (C=O) groups excluding carboxylic acids is 1. The van der Waals surface area contributed by atoms with Crippen molar-refractivity contribution < 1.29 is 23.6 Å². The van der Waals surface area contributed by atoms with E-state index in [9.17, 15) is 14.9 Å². The van der Waals surface area contributed by atoms with Crippen LogP contribution in [0.4, 0.5) is 15.8 Å². The van der Waals surface area contributed by atoms with Gasteiger partial charge in [0.1, 0.15) is 11.5 Å². The second-order valence-electron chi connectivity index (χ2n) is 6.26. The average Bonchev–Trinajstić information content (AvgIpc) is 2.48. The summed E-state index contributed by atoms with van der Waals surface area (Å²) in [6.45, 7) is 7.73. The summed E-state index contributed by atoms with van der Waals surface area (Å²) in [7, 11) is 1.12. The van der Waals surface area contributed by atoms with Gasteiger partial charge in [0.2, 0.25) is 0 Å². The predicted octanol–water partition coefficient (Wildman–Crippen LogP) is 3.03. The number of nitrogens with two attached hydrogens (primary N) is 1. The number of nitrogens with zero attached hydrogens (tertiary/aromatic N) is 1. The van der Waals surface area contributed by atoms with Gasteiger partial charge in [-0.15, -0.1) is 5.92 Å². The van der Waals surface area contributed by atoms with E-state index >= 15 is 4.39 Å². The molecule has 0 aliphatic rings. The van der Waals surface area contributed by atoms with Gasteiger partial charge >= 0.3 is 5.97 Å². The Balaban J connectivity index is 3.89. The third-order valence-corrected chi connectivity index (χ3v) is 3.32. The van der Waals surface area contributed by atoms with Gasteiger partial charge in [0.05, 0.1) is 23.2 Å². The van der Waals surface area contributed by atoms with Crippen LogP contribution < -0.4 is 5.73 Å². The standard InChI is InChI=1S/C17H21FN2O5/c1-7-8-10-12(18)11(9(2)14(13(10)19)20(22)23)15(16(21)24-6)25-17(3,4)5/h15H,19H2,1-6H3. The molecule has 2 N–H and O–H groups in total. The first-order valence-corrected chi connectivity index (χ1v) is 7.40. The van der Waals surface area contributed by atoms with E-state index in [0.29, 0.717) is 0 Å². The number of methoxy groups -OCH3 is 1. The third-order valence-electron chi connectivity index (χ3n) is 3.32. The fourth-order valence-corrected chi connectivity index (χ4v) is 2.35. The van der Waals surface area contributed by atoms with Crippen LogP contribution in [-0.2, 0) is 14.3 Å². The van der Waals surface area contributed by atoms with Crippen molar-refractivity contribution in [1.29, 1.82) is 0 Å². The van der Waals surface area contributed by atoms with Crippen molar-refractivity contribution in [2.45, 2.75) is 46.3 Å². The highest BCUT2D eigenvalue weighted by Crippen LogP contribution is 2.39. The molecule has 0 saturated carbocycles. The number of ether oxygens (including phenoxy) is 2. The van der Waals surface area contributed by atoms with Crippen LogP contribution in [0.2, 0.25) is 0 Å². The smallest absolute Gasteiger partial charge is 0.339 e. The topological polar surface area (TPSA) is 105 Å². The molecule has 1 aromatic carbocycles. The lowest BCUT2D eigenvalue weighted by Gasteiger charge is -2.27. The molecule has 0 radical (unpaired) electrons. The molecule has 0 aliphatic carbocycles. The fourth-order valence-electron chi connectivity index (χ4n) is 2.35. The molecule has 8 heteroatoms. The second-order valence-corrected chi connectivity index (χ2v) is 6.26. The third kappa shape index (κ3) is 4.25. The molecule has 0 fully saturated rings. The first-order chi connectivity index (χ1) is 11.5. The molecule has 136 valence electrons. The van der Waals surface area contributed by atoms with Crippen LogP contribution in [-0.4, -0.2) is 23.6 Å². The normalized spacial score (nSPS) is 12.1. The van der Waals surface area contributed by atoms with E-state index in [-0.39, 0.29) is 16.7 Å². The van der Waals surface area contributed by atoms with Gasteiger partial charge < -0.3 is 15.2 Å². The minimum Gasteiger partial charge on any atom is -0.467 e. The Morgan fingerprint density at radius 3 is 2.36 bits per heavy atom. The molecule has 1 atom stereocenters. The van der Waals surface area contributed by atoms with Crippen molar-refractivity contribution in [2.75, 3.05) is 12.8 Å². The number of esters is 1. The summed E-state index contributed by atoms with van der Waals surface area (Å²) in [5.41, 5.74) is 3.23. The zero-order chi connectivity index (χ0) is 19.5. The fraction of sp³-hybridized carbons (Fsp3) is 0.471. The number of halogens is 1. The van der Waals surface area contributed by atoms with Crippen molar-refractivity contribution >= 4 is 17.3 Å². The zero-order valence-electron chi connectivity index (χ0n) is 15.0. The highest BCUT2D eigenvalue weighted by molar-refractivity contribution is 5.81. The highest BCUT2D eigenvalue weighted by atomic mass is 19.1. The van der Waals surface area contributed by atoms with Gasteiger partial charge in [-0.05, 0) is 34.6 Å². The quantitative estimate of drug-likeness (QED) is 0.294. The maximum absolute atomic E-state index is 15.1. The van der Waals surface area contributed by atoms with Crippen LogP contribution in [0, 0.1) is 34.7 Å². The molecule has 0 spiro atoms. The highest BCUT2D eigenvalue weighted by Gasteiger charge is 2.37. The van der Waals surface area contributed by atoms with Gasteiger partial charge in [0.25, 0.3) is 5.69 Å². The Morgan fingerprint density at radius 1 is 1.40 bits per heavy atom. The minimum absolute atomic E-state index is 0.110. The van der Waals surface area contributed by atoms with Crippen LogP contribution in [0.25, 0.3) is 0 Å². The van der Waals surface area contributed by atoms with Crippen LogP contribution >= 0.6 is 0 Å². The lowest BCUT2D eigenvalue weighted by atomic mass is 9.95. The Labute approximate surface area is 145 Å². The largest absolute Gasteiger partial charge is 0.467 e. The molecule has 1 aromatic rings. The summed E-state index contributed by atoms with van der Waals surface area (Å²) in [6.07, 6.45) is -1.50. The lowest BCUT2D eigenvalue weighted by molar-refractivity contribution is -0.384. The second kappa shape index (κ2) is 7.49. The molecule has 1 unspecified atom stereocenters. The first kappa shape index (κ1) is 20.4. The molecule has 0 bridgehead atoms. The number of nitro groups is 1. The van der Waals surface area contributed by atoms with E-state index in [4.69, 9.17) is 10.5 Å². The molecule has 0 saturated heterocycles. The van der Waals surface area contributed by atoms with E-state index in [1.807, 2.05) is 0 Å². The van der Waals surface area contributed by atoms with Crippen LogP contribution in [0.5, 0.6) is 0 Å². The lowest BCUT2D eigenvalue weighted by Crippen LogP contribution is -2.30. The average molecular weight is 352 g/mol. The number of hydrogen-bond donors (Lipinski definition) is 1. The molecule has 25 heavy (non-hydrogen) atoms. The van der Waals surface area contributed by atoms with Crippen molar-refractivity contribution in [3.8, 4) is 11.8 Å². The summed E-state index contributed by atoms with van der Waals surface area (Å²) in [6, 6.07) is 0. The van der Waals surface area contributed by atoms with Crippen LogP contribution in [0.3, 0.4) is 0 Å². The van der Waals surface area contributed by atoms with Crippen LogP contribution in [0.1, 0.15) is 50.5 Å². The molecule has 0 heterocycles.